The van der Waals surface area contributed by atoms with Crippen molar-refractivity contribution in [2.45, 2.75) is 81.3 Å². The molecule has 0 amide bonds. The number of ether oxygens (including phenoxy) is 2. The highest BCUT2D eigenvalue weighted by molar-refractivity contribution is 9.11. The number of carbonyl (C=O) groups is 2. The number of benzene rings is 1. The van der Waals surface area contributed by atoms with Crippen molar-refractivity contribution < 1.29 is 37.7 Å². The molecule has 1 saturated heterocycles. The highest BCUT2D eigenvalue weighted by Gasteiger charge is 2.59. The number of ketones is 1. The summed E-state index contributed by atoms with van der Waals surface area (Å²) in [7, 11) is -6.40. The number of aromatic nitrogens is 2. The van der Waals surface area contributed by atoms with Gasteiger partial charge in [0.15, 0.2) is 6.61 Å². The molecule has 1 aliphatic heterocycles. The smallest absolute Gasteiger partial charge is 0.338 e. The number of sulfonamides is 1. The van der Waals surface area contributed by atoms with Crippen LogP contribution in [0, 0.1) is 0 Å². The maximum Gasteiger partial charge on any atom is 0.338 e. The van der Waals surface area contributed by atoms with Crippen molar-refractivity contribution >= 4 is 51.9 Å². The number of nitrogens with zero attached hydrogens (tertiary/aromatic N) is 2. The van der Waals surface area contributed by atoms with Crippen molar-refractivity contribution in [3.63, 3.8) is 0 Å². The predicted octanol–water partition coefficient (Wildman–Crippen LogP) is 2.40. The molecular formula is C29H40BrN3O10SSi. The van der Waals surface area contributed by atoms with Crippen molar-refractivity contribution in [1.29, 1.82) is 0 Å². The van der Waals surface area contributed by atoms with Gasteiger partial charge in [0, 0.05) is 25.7 Å². The van der Waals surface area contributed by atoms with Gasteiger partial charge in [0.2, 0.25) is 15.8 Å². The van der Waals surface area contributed by atoms with E-state index in [1.807, 2.05) is 33.5 Å². The van der Waals surface area contributed by atoms with Gasteiger partial charge in [-0.3, -0.25) is 19.1 Å². The first-order valence-corrected chi connectivity index (χ1v) is 20.4. The third-order valence-corrected chi connectivity index (χ3v) is 13.0. The van der Waals surface area contributed by atoms with Gasteiger partial charge >= 0.3 is 11.7 Å². The third kappa shape index (κ3) is 7.98. The zero-order chi connectivity index (χ0) is 33.7. The van der Waals surface area contributed by atoms with E-state index in [1.165, 1.54) is 45.8 Å². The molecule has 2 aromatic rings. The molecule has 0 aliphatic carbocycles. The number of carbonyl (C=O) groups excluding carboxylic acids is 2. The lowest BCUT2D eigenvalue weighted by Crippen LogP contribution is -2.62. The lowest BCUT2D eigenvalue weighted by atomic mass is 10.0. The molecule has 45 heavy (non-hydrogen) atoms. The number of Topliss-reactive ketones (excluding diaryl/α,β-unsaturated/α-hetero) is 1. The molecule has 4 atom stereocenters. The van der Waals surface area contributed by atoms with Gasteiger partial charge in [0.05, 0.1) is 29.3 Å². The molecule has 2 heterocycles. The van der Waals surface area contributed by atoms with Gasteiger partial charge in [-0.2, -0.15) is 4.31 Å². The molecule has 1 aliphatic rings. The number of H-pyrrole nitrogens is 1. The van der Waals surface area contributed by atoms with E-state index in [4.69, 9.17) is 9.47 Å². The zero-order valence-corrected chi connectivity index (χ0v) is 29.3. The van der Waals surface area contributed by atoms with Crippen LogP contribution in [0.25, 0.3) is 6.08 Å². The quantitative estimate of drug-likeness (QED) is 0.193. The number of esters is 1. The second-order valence-corrected chi connectivity index (χ2v) is 19.7. The summed E-state index contributed by atoms with van der Waals surface area (Å²) in [4.78, 5) is 54.1. The van der Waals surface area contributed by atoms with Crippen molar-refractivity contribution in [2.24, 2.45) is 0 Å². The van der Waals surface area contributed by atoms with Crippen LogP contribution in [0.4, 0.5) is 0 Å². The van der Waals surface area contributed by atoms with E-state index in [9.17, 15) is 37.8 Å². The molecule has 0 spiro atoms. The van der Waals surface area contributed by atoms with E-state index in [0.29, 0.717) is 25.9 Å². The first-order valence-electron chi connectivity index (χ1n) is 14.5. The standard InChI is InChI=1S/C29H40BrN3O10SSi/c1-6-14-32(15-7-2)44(40,41)21-10-8-19(9-11-21)27(37)42-18-22(34)24(35)25-29(39,45(3,4)5)16-23(43-25)33-17-20(12-13-30)26(36)31-28(33)38/h8-13,17,23-25,35,39H,6-7,14-16,18H2,1-5H3,(H,31,36,38)/t23-,24?,25-,29-/m1/s1. The van der Waals surface area contributed by atoms with Crippen LogP contribution < -0.4 is 11.2 Å². The summed E-state index contributed by atoms with van der Waals surface area (Å²) in [6.07, 6.45) is -0.690. The Bertz CT molecular complexity index is 1630. The lowest BCUT2D eigenvalue weighted by Gasteiger charge is -2.40. The lowest BCUT2D eigenvalue weighted by molar-refractivity contribution is -0.147. The van der Waals surface area contributed by atoms with Crippen LogP contribution >= 0.6 is 15.9 Å². The zero-order valence-electron chi connectivity index (χ0n) is 25.9. The van der Waals surface area contributed by atoms with Gasteiger partial charge < -0.3 is 19.7 Å². The van der Waals surface area contributed by atoms with E-state index in [2.05, 4.69) is 20.9 Å². The molecule has 0 saturated carbocycles. The first-order chi connectivity index (χ1) is 21.0. The fourth-order valence-electron chi connectivity index (χ4n) is 5.08. The summed E-state index contributed by atoms with van der Waals surface area (Å²) in [6, 6.07) is 5.14. The van der Waals surface area contributed by atoms with Crippen LogP contribution in [0.5, 0.6) is 0 Å². The maximum atomic E-state index is 13.0. The number of aliphatic hydroxyl groups is 2. The summed E-state index contributed by atoms with van der Waals surface area (Å²) < 4.78 is 39.5. The third-order valence-electron chi connectivity index (χ3n) is 7.74. The summed E-state index contributed by atoms with van der Waals surface area (Å²) in [5, 5.41) is 21.1. The first kappa shape index (κ1) is 36.7. The maximum absolute atomic E-state index is 13.0. The Labute approximate surface area is 271 Å². The van der Waals surface area contributed by atoms with Crippen molar-refractivity contribution in [3.05, 3.63) is 67.4 Å². The van der Waals surface area contributed by atoms with Gasteiger partial charge in [-0.15, -0.1) is 0 Å². The Balaban J connectivity index is 1.76. The molecule has 16 heteroatoms. The van der Waals surface area contributed by atoms with Crippen LogP contribution in [0.2, 0.25) is 19.6 Å². The molecule has 13 nitrogen and oxygen atoms in total. The normalized spacial score (nSPS) is 21.4. The second-order valence-electron chi connectivity index (χ2n) is 11.8. The average Bonchev–Trinajstić information content (AvgIpc) is 3.35. The van der Waals surface area contributed by atoms with Crippen molar-refractivity contribution in [1.82, 2.24) is 13.9 Å². The minimum atomic E-state index is -3.76. The number of hydrogen-bond acceptors (Lipinski definition) is 10. The van der Waals surface area contributed by atoms with Gasteiger partial charge in [-0.1, -0.05) is 49.4 Å². The Morgan fingerprint density at radius 1 is 1.20 bits per heavy atom. The van der Waals surface area contributed by atoms with Gasteiger partial charge in [0.1, 0.15) is 18.4 Å². The molecule has 248 valence electrons. The predicted molar refractivity (Wildman–Crippen MR) is 173 cm³/mol. The van der Waals surface area contributed by atoms with Crippen LogP contribution in [-0.2, 0) is 24.3 Å². The second kappa shape index (κ2) is 14.8. The monoisotopic (exact) mass is 729 g/mol. The molecule has 3 N–H and O–H groups in total. The number of hydrogen-bond donors (Lipinski definition) is 3. The summed E-state index contributed by atoms with van der Waals surface area (Å²) >= 11 is 3.08. The Morgan fingerprint density at radius 3 is 2.33 bits per heavy atom. The van der Waals surface area contributed by atoms with Gasteiger partial charge in [-0.05, 0) is 48.2 Å². The molecule has 1 aromatic carbocycles. The van der Waals surface area contributed by atoms with Crippen molar-refractivity contribution in [3.8, 4) is 0 Å². The average molecular weight is 731 g/mol. The number of aliphatic hydroxyl groups excluding tert-OH is 1. The Morgan fingerprint density at radius 2 is 1.80 bits per heavy atom. The Hall–Kier alpha value is -2.73. The molecule has 1 fully saturated rings. The number of nitrogens with one attached hydrogen (secondary N) is 1. The Kier molecular flexibility index (Phi) is 12.1. The van der Waals surface area contributed by atoms with Crippen LogP contribution in [0.15, 0.2) is 49.9 Å². The summed E-state index contributed by atoms with van der Waals surface area (Å²) in [5.41, 5.74) is -1.31. The molecule has 1 unspecified atom stereocenters. The van der Waals surface area contributed by atoms with E-state index in [0.717, 1.165) is 4.57 Å². The highest BCUT2D eigenvalue weighted by atomic mass is 79.9. The van der Waals surface area contributed by atoms with E-state index in [1.54, 1.807) is 0 Å². The molecule has 0 radical (unpaired) electrons. The summed E-state index contributed by atoms with van der Waals surface area (Å²) in [6.45, 7) is 9.06. The van der Waals surface area contributed by atoms with Crippen LogP contribution in [-0.4, -0.2) is 89.4 Å². The van der Waals surface area contributed by atoms with Gasteiger partial charge in [-0.25, -0.2) is 18.0 Å². The SMILES string of the molecule is CCCN(CCC)S(=O)(=O)c1ccc(C(=O)OCC(=O)C(O)[C@H]2O[C@@H](n3cc(C=CBr)c(=O)[nH]c3=O)C[C@@]2(O)[Si](C)(C)C)cc1. The van der Waals surface area contributed by atoms with E-state index in [-0.39, 0.29) is 22.4 Å². The van der Waals surface area contributed by atoms with Crippen LogP contribution in [0.3, 0.4) is 0 Å². The highest BCUT2D eigenvalue weighted by Crippen LogP contribution is 2.43. The van der Waals surface area contributed by atoms with E-state index >= 15 is 0 Å². The molecular weight excluding hydrogens is 690 g/mol. The minimum absolute atomic E-state index is 0.00432. The number of halogens is 1. The van der Waals surface area contributed by atoms with Crippen LogP contribution in [0.1, 0.15) is 55.3 Å². The number of aromatic amines is 1. The minimum Gasteiger partial charge on any atom is -0.454 e. The topological polar surface area (TPSA) is 185 Å². The van der Waals surface area contributed by atoms with Crippen molar-refractivity contribution in [2.75, 3.05) is 19.7 Å². The molecule has 1 aromatic heterocycles. The van der Waals surface area contributed by atoms with Gasteiger partial charge in [0.25, 0.3) is 5.56 Å². The van der Waals surface area contributed by atoms with E-state index < -0.39 is 71.4 Å². The fourth-order valence-corrected chi connectivity index (χ4v) is 8.86. The molecule has 0 bridgehead atoms. The molecule has 3 rings (SSSR count). The number of rotatable bonds is 14. The fraction of sp³-hybridized carbons (Fsp3) is 0.517. The summed E-state index contributed by atoms with van der Waals surface area (Å²) in [5.74, 6) is -1.87. The largest absolute Gasteiger partial charge is 0.454 e.